The molecule has 16 heteroatoms. The number of nitrogen functional groups attached to an aromatic ring is 1. The third-order valence-electron chi connectivity index (χ3n) is 13.0. The van der Waals surface area contributed by atoms with E-state index in [0.29, 0.717) is 51.0 Å². The van der Waals surface area contributed by atoms with Crippen molar-refractivity contribution in [3.63, 3.8) is 0 Å². The summed E-state index contributed by atoms with van der Waals surface area (Å²) in [6.45, 7) is 16.8. The summed E-state index contributed by atoms with van der Waals surface area (Å²) in [5.74, 6) is -2.25. The molecule has 3 aliphatic rings. The van der Waals surface area contributed by atoms with Crippen molar-refractivity contribution < 1.29 is 43.5 Å². The summed E-state index contributed by atoms with van der Waals surface area (Å²) in [5, 5.41) is 35.8. The average Bonchev–Trinajstić information content (AvgIpc) is 3.77. The highest BCUT2D eigenvalue weighted by Crippen LogP contribution is 2.41. The topological polar surface area (TPSA) is 196 Å². The Morgan fingerprint density at radius 3 is 2.44 bits per heavy atom. The van der Waals surface area contributed by atoms with Crippen LogP contribution in [0.25, 0.3) is 11.3 Å². The van der Waals surface area contributed by atoms with Gasteiger partial charge < -0.3 is 49.8 Å². The van der Waals surface area contributed by atoms with Gasteiger partial charge in [-0.3, -0.25) is 14.4 Å². The van der Waals surface area contributed by atoms with E-state index < -0.39 is 71.8 Å². The number of likely N-dealkylation sites (N-methyl/N-ethyl adjacent to an activating group) is 1. The number of hydrogen-bond acceptors (Lipinski definition) is 14. The zero-order valence-electron chi connectivity index (χ0n) is 37.0. The molecule has 16 nitrogen and oxygen atoms in total. The summed E-state index contributed by atoms with van der Waals surface area (Å²) >= 11 is 0. The van der Waals surface area contributed by atoms with Crippen LogP contribution in [0.2, 0.25) is 0 Å². The minimum absolute atomic E-state index is 0.0171. The third-order valence-corrected chi connectivity index (χ3v) is 13.0. The Morgan fingerprint density at radius 1 is 1.07 bits per heavy atom. The predicted octanol–water partition coefficient (Wildman–Crippen LogP) is 4.08. The number of esters is 1. The van der Waals surface area contributed by atoms with Gasteiger partial charge in [0, 0.05) is 49.5 Å². The summed E-state index contributed by atoms with van der Waals surface area (Å²) < 4.78 is 33.5. The van der Waals surface area contributed by atoms with Gasteiger partial charge in [-0.25, -0.2) is 4.79 Å². The van der Waals surface area contributed by atoms with Crippen molar-refractivity contribution in [2.24, 2.45) is 17.8 Å². The van der Waals surface area contributed by atoms with E-state index in [1.54, 1.807) is 23.6 Å². The molecule has 4 unspecified atom stereocenters. The summed E-state index contributed by atoms with van der Waals surface area (Å²) in [6, 6.07) is 6.53. The van der Waals surface area contributed by atoms with Crippen LogP contribution < -0.4 is 11.1 Å². The van der Waals surface area contributed by atoms with E-state index in [1.165, 1.54) is 0 Å². The summed E-state index contributed by atoms with van der Waals surface area (Å²) in [7, 11) is 5.45. The van der Waals surface area contributed by atoms with Crippen molar-refractivity contribution >= 4 is 17.7 Å². The Kier molecular flexibility index (Phi) is 15.5. The summed E-state index contributed by atoms with van der Waals surface area (Å²) in [6.07, 6.45) is -0.663. The molecule has 3 saturated heterocycles. The van der Waals surface area contributed by atoms with E-state index in [1.807, 2.05) is 91.0 Å². The third kappa shape index (κ3) is 10.4. The molecule has 14 atom stereocenters. The van der Waals surface area contributed by atoms with Gasteiger partial charge in [-0.2, -0.15) is 0 Å². The fourth-order valence-electron chi connectivity index (χ4n) is 9.61. The van der Waals surface area contributed by atoms with E-state index in [-0.39, 0.29) is 24.1 Å². The van der Waals surface area contributed by atoms with E-state index in [9.17, 15) is 19.8 Å². The minimum atomic E-state index is -1.22. The standard InChI is InChI=1S/C43H71N7O9/c1-12-34-43(8)37(50(41(54)59-43)19-14-13-18-49-24-32(46-47-49)30-16-15-17-31(44)21-30)29(6)45-23-25(2)22-42(7,55-11)38(27(4)35(51)28(5)39(53)57-34)58-40-36(52)33(48(9)10)20-26(3)56-40/h15-17,21,24-29,33-38,40,45,51-52H,12-14,18-20,22-23,44H2,1-11H3/t25-,26?,27+,28-,29-,33?,34-,35?,36?,37-,38-,40+,42-,43-/m1/s1. The lowest BCUT2D eigenvalue weighted by molar-refractivity contribution is -0.301. The van der Waals surface area contributed by atoms with Crippen molar-refractivity contribution in [3.05, 3.63) is 30.5 Å². The lowest BCUT2D eigenvalue weighted by Crippen LogP contribution is -2.61. The molecule has 1 aromatic carbocycles. The monoisotopic (exact) mass is 830 g/mol. The van der Waals surface area contributed by atoms with Gasteiger partial charge in [-0.15, -0.1) is 5.10 Å². The maximum Gasteiger partial charge on any atom is 0.410 e. The molecule has 0 saturated carbocycles. The first-order valence-electron chi connectivity index (χ1n) is 21.4. The van der Waals surface area contributed by atoms with Gasteiger partial charge in [0.15, 0.2) is 11.9 Å². The summed E-state index contributed by atoms with van der Waals surface area (Å²) in [4.78, 5) is 31.6. The molecule has 59 heavy (non-hydrogen) atoms. The van der Waals surface area contributed by atoms with Crippen LogP contribution in [0.5, 0.6) is 0 Å². The second-order valence-corrected chi connectivity index (χ2v) is 18.0. The number of hydrogen-bond donors (Lipinski definition) is 4. The van der Waals surface area contributed by atoms with Gasteiger partial charge >= 0.3 is 12.1 Å². The van der Waals surface area contributed by atoms with Crippen LogP contribution in [-0.2, 0) is 35.0 Å². The molecule has 1 amide bonds. The number of fused-ring (bicyclic) bond motifs is 1. The van der Waals surface area contributed by atoms with Gasteiger partial charge in [0.1, 0.15) is 17.9 Å². The van der Waals surface area contributed by atoms with Crippen LogP contribution in [0, 0.1) is 17.8 Å². The maximum atomic E-state index is 14.1. The fraction of sp³-hybridized carbons (Fsp3) is 0.767. The van der Waals surface area contributed by atoms with Crippen LogP contribution in [0.4, 0.5) is 10.5 Å². The molecule has 332 valence electrons. The molecule has 3 aliphatic heterocycles. The highest BCUT2D eigenvalue weighted by atomic mass is 16.7. The Hall–Kier alpha value is -3.38. The number of carbonyl (C=O) groups is 2. The number of anilines is 1. The van der Waals surface area contributed by atoms with E-state index in [2.05, 4.69) is 22.6 Å². The van der Waals surface area contributed by atoms with Gasteiger partial charge in [0.25, 0.3) is 0 Å². The normalized spacial score (nSPS) is 37.7. The van der Waals surface area contributed by atoms with Gasteiger partial charge in [0.2, 0.25) is 0 Å². The SMILES string of the molecule is CC[C@H]1OC(=O)[C@H](C)C(O)[C@H](C)[C@@H](O[C@@H]2OC(C)CC(N(C)C)C2O)[C@](C)(OC)C[C@@H](C)CN[C@H](C)[C@H]2N(CCCCn3cc(-c4cccc(N)c4)nn3)C(=O)O[C@]12C. The minimum Gasteiger partial charge on any atom is -0.458 e. The zero-order valence-corrected chi connectivity index (χ0v) is 37.0. The number of amides is 1. The van der Waals surface area contributed by atoms with Crippen molar-refractivity contribution in [2.75, 3.05) is 40.0 Å². The molecular formula is C43H71N7O9. The number of methoxy groups -OCH3 is 1. The number of nitrogens with zero attached hydrogens (tertiary/aromatic N) is 5. The largest absolute Gasteiger partial charge is 0.458 e. The Bertz CT molecular complexity index is 1700. The number of aromatic nitrogens is 3. The number of aliphatic hydroxyl groups is 2. The van der Waals surface area contributed by atoms with Crippen molar-refractivity contribution in [1.82, 2.24) is 30.1 Å². The van der Waals surface area contributed by atoms with Gasteiger partial charge in [0.05, 0.1) is 42.1 Å². The van der Waals surface area contributed by atoms with Crippen LogP contribution in [0.15, 0.2) is 30.5 Å². The highest BCUT2D eigenvalue weighted by Gasteiger charge is 2.58. The molecule has 3 fully saturated rings. The van der Waals surface area contributed by atoms with Gasteiger partial charge in [-0.05, 0) is 105 Å². The Labute approximate surface area is 350 Å². The van der Waals surface area contributed by atoms with Crippen molar-refractivity contribution in [1.29, 1.82) is 0 Å². The second-order valence-electron chi connectivity index (χ2n) is 18.0. The molecule has 4 heterocycles. The zero-order chi connectivity index (χ0) is 43.4. The molecule has 5 N–H and O–H groups in total. The molecule has 2 aromatic rings. The summed E-state index contributed by atoms with van der Waals surface area (Å²) in [5.41, 5.74) is 6.06. The number of aryl methyl sites for hydroxylation is 1. The molecule has 0 bridgehead atoms. The number of cyclic esters (lactones) is 1. The Morgan fingerprint density at radius 2 is 1.78 bits per heavy atom. The number of nitrogens with one attached hydrogen (secondary N) is 1. The molecule has 0 spiro atoms. The average molecular weight is 830 g/mol. The maximum absolute atomic E-state index is 14.1. The van der Waals surface area contributed by atoms with Gasteiger partial charge in [-0.1, -0.05) is 38.1 Å². The fourth-order valence-corrected chi connectivity index (χ4v) is 9.61. The van der Waals surface area contributed by atoms with Crippen LogP contribution in [-0.4, -0.2) is 148 Å². The van der Waals surface area contributed by atoms with Crippen LogP contribution in [0.3, 0.4) is 0 Å². The predicted molar refractivity (Wildman–Crippen MR) is 223 cm³/mol. The van der Waals surface area contributed by atoms with Crippen molar-refractivity contribution in [3.8, 4) is 11.3 Å². The van der Waals surface area contributed by atoms with E-state index >= 15 is 0 Å². The second kappa shape index (κ2) is 19.6. The van der Waals surface area contributed by atoms with E-state index in [4.69, 9.17) is 29.4 Å². The lowest BCUT2D eigenvalue weighted by Gasteiger charge is -2.47. The highest BCUT2D eigenvalue weighted by molar-refractivity contribution is 5.74. The number of nitrogens with two attached hydrogens (primary N) is 1. The number of unbranched alkanes of at least 4 members (excludes halogenated alkanes) is 1. The van der Waals surface area contributed by atoms with Crippen molar-refractivity contribution in [2.45, 2.75) is 160 Å². The molecule has 1 aromatic heterocycles. The number of carbonyl (C=O) groups excluding carboxylic acids is 2. The smallest absolute Gasteiger partial charge is 0.410 e. The number of ether oxygens (including phenoxy) is 5. The molecule has 0 aliphatic carbocycles. The number of rotatable bonds is 11. The number of benzene rings is 1. The van der Waals surface area contributed by atoms with Crippen LogP contribution in [0.1, 0.15) is 87.5 Å². The quantitative estimate of drug-likeness (QED) is 0.144. The van der Waals surface area contributed by atoms with E-state index in [0.717, 1.165) is 17.7 Å². The first-order valence-corrected chi connectivity index (χ1v) is 21.4. The number of aliphatic hydroxyl groups excluding tert-OH is 2. The molecular weight excluding hydrogens is 759 g/mol. The first kappa shape index (κ1) is 46.7. The Balaban J connectivity index is 1.37. The van der Waals surface area contributed by atoms with Crippen LogP contribution >= 0.6 is 0 Å². The first-order chi connectivity index (χ1) is 27.8. The lowest BCUT2D eigenvalue weighted by atomic mass is 9.77. The molecule has 5 rings (SSSR count). The molecule has 0 radical (unpaired) electrons.